The fourth-order valence-corrected chi connectivity index (χ4v) is 4.56. The van der Waals surface area contributed by atoms with Crippen LogP contribution in [-0.2, 0) is 0 Å². The molecule has 1 unspecified atom stereocenters. The van der Waals surface area contributed by atoms with E-state index in [4.69, 9.17) is 0 Å². The molecule has 1 atom stereocenters. The minimum Gasteiger partial charge on any atom is -0.365 e. The highest BCUT2D eigenvalue weighted by Gasteiger charge is 2.46. The van der Waals surface area contributed by atoms with E-state index in [2.05, 4.69) is 10.2 Å². The van der Waals surface area contributed by atoms with Crippen molar-refractivity contribution < 1.29 is 31.1 Å². The van der Waals surface area contributed by atoms with Crippen molar-refractivity contribution in [3.8, 4) is 0 Å². The van der Waals surface area contributed by atoms with Crippen LogP contribution < -0.4 is 4.90 Å². The van der Waals surface area contributed by atoms with E-state index in [1.54, 1.807) is 0 Å². The van der Waals surface area contributed by atoms with Gasteiger partial charge in [-0.1, -0.05) is 12.1 Å². The molecule has 1 aromatic heterocycles. The van der Waals surface area contributed by atoms with Gasteiger partial charge in [0, 0.05) is 28.8 Å². The number of H-pyrrole nitrogens is 1. The summed E-state index contributed by atoms with van der Waals surface area (Å²) in [5.41, 5.74) is -0.531. The SMILES string of the molecule is CN1CSC(C(F)(F)F)c2ccc3c(c(C(=O)C(F)(F)F)cc4cn[nH]c43)c21. The molecule has 0 amide bonds. The lowest BCUT2D eigenvalue weighted by Crippen LogP contribution is -2.31. The lowest BCUT2D eigenvalue weighted by atomic mass is 9.93. The first-order valence-electron chi connectivity index (χ1n) is 7.94. The summed E-state index contributed by atoms with van der Waals surface area (Å²) in [5, 5.41) is 4.85. The minimum atomic E-state index is -5.17. The molecule has 0 saturated heterocycles. The zero-order chi connectivity index (χ0) is 20.4. The quantitative estimate of drug-likeness (QED) is 0.435. The number of carbonyl (C=O) groups is 1. The van der Waals surface area contributed by atoms with Crippen LogP contribution >= 0.6 is 11.8 Å². The minimum absolute atomic E-state index is 0.0253. The number of hydrogen-bond donors (Lipinski definition) is 1. The molecule has 0 bridgehead atoms. The number of anilines is 1. The Hall–Kier alpha value is -2.43. The number of rotatable bonds is 1. The average Bonchev–Trinajstić information content (AvgIpc) is 3.06. The Labute approximate surface area is 157 Å². The third-order valence-corrected chi connectivity index (χ3v) is 6.01. The molecule has 0 fully saturated rings. The zero-order valence-corrected chi connectivity index (χ0v) is 14.9. The largest absolute Gasteiger partial charge is 0.454 e. The number of Topliss-reactive ketones (excluding diaryl/α,β-unsaturated/α-hetero) is 1. The molecule has 4 nitrogen and oxygen atoms in total. The van der Waals surface area contributed by atoms with Gasteiger partial charge in [0.15, 0.2) is 0 Å². The summed E-state index contributed by atoms with van der Waals surface area (Å²) in [4.78, 5) is 13.5. The van der Waals surface area contributed by atoms with E-state index in [1.165, 1.54) is 30.3 Å². The predicted molar refractivity (Wildman–Crippen MR) is 93.6 cm³/mol. The van der Waals surface area contributed by atoms with Gasteiger partial charge in [-0.15, -0.1) is 11.8 Å². The molecule has 0 spiro atoms. The second-order valence-corrected chi connectivity index (χ2v) is 7.49. The molecule has 11 heteroatoms. The molecule has 0 aliphatic carbocycles. The normalized spacial score (nSPS) is 18.0. The molecule has 0 radical (unpaired) electrons. The highest BCUT2D eigenvalue weighted by molar-refractivity contribution is 7.99. The fraction of sp³-hybridized carbons (Fsp3) is 0.294. The number of fused-ring (bicyclic) bond motifs is 5. The van der Waals surface area contributed by atoms with Crippen LogP contribution in [0.5, 0.6) is 0 Å². The maximum atomic E-state index is 13.5. The first-order chi connectivity index (χ1) is 13.0. The van der Waals surface area contributed by atoms with Crippen LogP contribution in [0, 0.1) is 0 Å². The molecular weight excluding hydrogens is 408 g/mol. The molecule has 1 aliphatic heterocycles. The first kappa shape index (κ1) is 18.9. The van der Waals surface area contributed by atoms with Gasteiger partial charge in [0.05, 0.1) is 23.3 Å². The number of halogens is 6. The molecule has 4 rings (SSSR count). The highest BCUT2D eigenvalue weighted by Crippen LogP contribution is 2.53. The number of benzene rings is 2. The molecule has 28 heavy (non-hydrogen) atoms. The summed E-state index contributed by atoms with van der Waals surface area (Å²) in [5.74, 6) is -2.19. The van der Waals surface area contributed by atoms with Crippen molar-refractivity contribution in [2.75, 3.05) is 17.8 Å². The number of ketones is 1. The molecule has 1 N–H and O–H groups in total. The van der Waals surface area contributed by atoms with Crippen molar-refractivity contribution in [2.24, 2.45) is 0 Å². The average molecular weight is 419 g/mol. The van der Waals surface area contributed by atoms with Gasteiger partial charge < -0.3 is 4.90 Å². The van der Waals surface area contributed by atoms with Gasteiger partial charge in [0.1, 0.15) is 5.25 Å². The number of thioether (sulfide) groups is 1. The van der Waals surface area contributed by atoms with E-state index in [0.29, 0.717) is 17.3 Å². The second-order valence-electron chi connectivity index (χ2n) is 6.43. The van der Waals surface area contributed by atoms with Gasteiger partial charge in [0.2, 0.25) is 0 Å². The van der Waals surface area contributed by atoms with Crippen LogP contribution in [0.2, 0.25) is 0 Å². The predicted octanol–water partition coefficient (Wildman–Crippen LogP) is 5.21. The Bertz CT molecular complexity index is 1100. The van der Waals surface area contributed by atoms with E-state index in [1.807, 2.05) is 0 Å². The maximum absolute atomic E-state index is 13.5. The Morgan fingerprint density at radius 2 is 1.96 bits per heavy atom. The van der Waals surface area contributed by atoms with Gasteiger partial charge in [-0.3, -0.25) is 9.89 Å². The summed E-state index contributed by atoms with van der Waals surface area (Å²) in [6.45, 7) is 0. The van der Waals surface area contributed by atoms with E-state index < -0.39 is 28.9 Å². The summed E-state index contributed by atoms with van der Waals surface area (Å²) in [6, 6.07) is 3.58. The Morgan fingerprint density at radius 3 is 2.61 bits per heavy atom. The van der Waals surface area contributed by atoms with Crippen LogP contribution in [0.15, 0.2) is 24.4 Å². The maximum Gasteiger partial charge on any atom is 0.454 e. The molecule has 0 saturated carbocycles. The Morgan fingerprint density at radius 1 is 1.25 bits per heavy atom. The van der Waals surface area contributed by atoms with Crippen molar-refractivity contribution >= 4 is 44.9 Å². The molecule has 3 aromatic rings. The van der Waals surface area contributed by atoms with Gasteiger partial charge in [-0.05, 0) is 11.6 Å². The summed E-state index contributed by atoms with van der Waals surface area (Å²) < 4.78 is 80.1. The van der Waals surface area contributed by atoms with Crippen molar-refractivity contribution in [2.45, 2.75) is 17.6 Å². The topological polar surface area (TPSA) is 49.0 Å². The lowest BCUT2D eigenvalue weighted by molar-refractivity contribution is -0.129. The molecule has 148 valence electrons. The number of alkyl halides is 6. The van der Waals surface area contributed by atoms with Crippen LogP contribution in [0.4, 0.5) is 32.0 Å². The highest BCUT2D eigenvalue weighted by atomic mass is 32.2. The lowest BCUT2D eigenvalue weighted by Gasteiger charge is -2.35. The van der Waals surface area contributed by atoms with Crippen LogP contribution in [0.25, 0.3) is 21.7 Å². The number of nitrogens with zero attached hydrogens (tertiary/aromatic N) is 2. The van der Waals surface area contributed by atoms with Gasteiger partial charge in [-0.25, -0.2) is 0 Å². The van der Waals surface area contributed by atoms with Gasteiger partial charge in [0.25, 0.3) is 5.78 Å². The number of aromatic nitrogens is 2. The van der Waals surface area contributed by atoms with E-state index >= 15 is 0 Å². The van der Waals surface area contributed by atoms with Crippen molar-refractivity contribution in [1.82, 2.24) is 10.2 Å². The third-order valence-electron chi connectivity index (χ3n) is 4.61. The third kappa shape index (κ3) is 2.79. The molecule has 2 aromatic carbocycles. The van der Waals surface area contributed by atoms with Crippen LogP contribution in [0.3, 0.4) is 0 Å². The number of hydrogen-bond acceptors (Lipinski definition) is 4. The second kappa shape index (κ2) is 6.03. The smallest absolute Gasteiger partial charge is 0.365 e. The fourth-order valence-electron chi connectivity index (χ4n) is 3.50. The number of carbonyl (C=O) groups excluding carboxylic acids is 1. The summed E-state index contributed by atoms with van der Waals surface area (Å²) >= 11 is 0.628. The monoisotopic (exact) mass is 419 g/mol. The van der Waals surface area contributed by atoms with Crippen LogP contribution in [0.1, 0.15) is 21.2 Å². The van der Waals surface area contributed by atoms with E-state index in [0.717, 1.165) is 6.07 Å². The van der Waals surface area contributed by atoms with E-state index in [9.17, 15) is 31.1 Å². The number of aromatic amines is 1. The van der Waals surface area contributed by atoms with Crippen LogP contribution in [-0.4, -0.2) is 41.3 Å². The molecular formula is C17H11F6N3OS. The van der Waals surface area contributed by atoms with Gasteiger partial charge >= 0.3 is 12.4 Å². The van der Waals surface area contributed by atoms with Gasteiger partial charge in [-0.2, -0.15) is 31.4 Å². The number of nitrogens with one attached hydrogen (secondary N) is 1. The standard InChI is InChI=1S/C17H11F6N3OS/c1-26-6-28-15(17(21,22)23)9-3-2-8-11(13(9)26)10(14(27)16(18,19)20)4-7-5-24-25-12(7)8/h2-5,15H,6H2,1H3,(H,24,25). The Kier molecular flexibility index (Phi) is 4.07. The summed E-state index contributed by atoms with van der Waals surface area (Å²) in [7, 11) is 1.48. The van der Waals surface area contributed by atoms with E-state index in [-0.39, 0.29) is 33.3 Å². The molecule has 2 heterocycles. The first-order valence-corrected chi connectivity index (χ1v) is 8.98. The van der Waals surface area contributed by atoms with Crippen molar-refractivity contribution in [1.29, 1.82) is 0 Å². The Balaban J connectivity index is 2.15. The summed E-state index contributed by atoms with van der Waals surface area (Å²) in [6.07, 6.45) is -8.49. The van der Waals surface area contributed by atoms with Crippen molar-refractivity contribution in [3.63, 3.8) is 0 Å². The zero-order valence-electron chi connectivity index (χ0n) is 14.1. The molecule has 1 aliphatic rings. The van der Waals surface area contributed by atoms with Crippen molar-refractivity contribution in [3.05, 3.63) is 35.5 Å².